The molecule has 0 amide bonds. The maximum atomic E-state index is 12.4. The number of hydrogen-bond acceptors (Lipinski definition) is 5. The van der Waals surface area contributed by atoms with E-state index in [-0.39, 0.29) is 18.2 Å². The first-order chi connectivity index (χ1) is 16.8. The van der Waals surface area contributed by atoms with Gasteiger partial charge < -0.3 is 9.47 Å². The zero-order valence-corrected chi connectivity index (χ0v) is 18.4. The minimum absolute atomic E-state index is 0.0979. The summed E-state index contributed by atoms with van der Waals surface area (Å²) in [5.41, 5.74) is 4.76. The molecule has 0 bridgehead atoms. The van der Waals surface area contributed by atoms with Gasteiger partial charge in [0.2, 0.25) is 6.23 Å². The predicted octanol–water partition coefficient (Wildman–Crippen LogP) is 6.15. The second kappa shape index (κ2) is 8.52. The highest BCUT2D eigenvalue weighted by atomic mass is 16.5. The van der Waals surface area contributed by atoms with Crippen LogP contribution >= 0.6 is 0 Å². The van der Waals surface area contributed by atoms with Crippen LogP contribution < -0.4 is 9.47 Å². The molecule has 5 nitrogen and oxygen atoms in total. The van der Waals surface area contributed by atoms with Crippen LogP contribution in [0.25, 0.3) is 0 Å². The molecule has 0 spiro atoms. The summed E-state index contributed by atoms with van der Waals surface area (Å²) >= 11 is 0. The zero-order valence-electron chi connectivity index (χ0n) is 18.4. The highest BCUT2D eigenvalue weighted by Crippen LogP contribution is 2.47. The first-order valence-corrected chi connectivity index (χ1v) is 11.3. The van der Waals surface area contributed by atoms with Crippen LogP contribution in [0.4, 0.5) is 0 Å². The van der Waals surface area contributed by atoms with Gasteiger partial charge in [-0.3, -0.25) is 0 Å². The molecule has 2 atom stereocenters. The van der Waals surface area contributed by atoms with Crippen molar-refractivity contribution in [2.45, 2.75) is 18.7 Å². The van der Waals surface area contributed by atoms with E-state index in [4.69, 9.17) is 14.6 Å². The summed E-state index contributed by atoms with van der Waals surface area (Å²) in [6.07, 6.45) is 0.438. The third-order valence-corrected chi connectivity index (χ3v) is 6.19. The number of rotatable bonds is 4. The fourth-order valence-corrected chi connectivity index (χ4v) is 4.50. The molecule has 2 aliphatic rings. The molecule has 6 rings (SSSR count). The van der Waals surface area contributed by atoms with E-state index in [1.807, 2.05) is 66.7 Å². The summed E-state index contributed by atoms with van der Waals surface area (Å²) in [4.78, 5) is 12.4. The van der Waals surface area contributed by atoms with Crippen molar-refractivity contribution < 1.29 is 14.3 Å². The molecule has 0 aliphatic carbocycles. The largest absolute Gasteiger partial charge is 0.464 e. The van der Waals surface area contributed by atoms with Gasteiger partial charge in [-0.1, -0.05) is 66.7 Å². The summed E-state index contributed by atoms with van der Waals surface area (Å²) in [6, 6.07) is 34.9. The summed E-state index contributed by atoms with van der Waals surface area (Å²) < 4.78 is 12.0. The van der Waals surface area contributed by atoms with Crippen LogP contribution in [0.5, 0.6) is 11.5 Å². The van der Waals surface area contributed by atoms with Gasteiger partial charge in [0.05, 0.1) is 17.3 Å². The fourth-order valence-electron chi connectivity index (χ4n) is 4.50. The number of nitrogens with zero attached hydrogens (tertiary/aromatic N) is 2. The van der Waals surface area contributed by atoms with Crippen molar-refractivity contribution in [1.29, 1.82) is 0 Å². The Morgan fingerprint density at radius 2 is 1.50 bits per heavy atom. The Bertz CT molecular complexity index is 1350. The van der Waals surface area contributed by atoms with Crippen molar-refractivity contribution in [3.63, 3.8) is 0 Å². The number of fused-ring (bicyclic) bond motifs is 3. The van der Waals surface area contributed by atoms with E-state index >= 15 is 0 Å². The van der Waals surface area contributed by atoms with E-state index in [9.17, 15) is 4.79 Å². The van der Waals surface area contributed by atoms with Gasteiger partial charge in [0.15, 0.2) is 0 Å². The fraction of sp³-hybridized carbons (Fsp3) is 0.103. The summed E-state index contributed by atoms with van der Waals surface area (Å²) in [7, 11) is 0. The average Bonchev–Trinajstić information content (AvgIpc) is 3.36. The lowest BCUT2D eigenvalue weighted by Crippen LogP contribution is -2.33. The van der Waals surface area contributed by atoms with Crippen LogP contribution in [0.1, 0.15) is 45.7 Å². The lowest BCUT2D eigenvalue weighted by molar-refractivity contribution is -0.0190. The van der Waals surface area contributed by atoms with Gasteiger partial charge in [-0.15, -0.1) is 0 Å². The second-order valence-corrected chi connectivity index (χ2v) is 8.35. The first-order valence-electron chi connectivity index (χ1n) is 11.3. The number of carbonyl (C=O) groups is 1. The van der Waals surface area contributed by atoms with Crippen molar-refractivity contribution in [2.24, 2.45) is 5.10 Å². The Morgan fingerprint density at radius 1 is 0.824 bits per heavy atom. The second-order valence-electron chi connectivity index (χ2n) is 8.35. The predicted molar refractivity (Wildman–Crippen MR) is 130 cm³/mol. The lowest BCUT2D eigenvalue weighted by atomic mass is 9.96. The van der Waals surface area contributed by atoms with Crippen LogP contribution in [0.3, 0.4) is 0 Å². The van der Waals surface area contributed by atoms with Gasteiger partial charge >= 0.3 is 5.97 Å². The van der Waals surface area contributed by atoms with Crippen LogP contribution in [0, 0.1) is 0 Å². The maximum Gasteiger partial charge on any atom is 0.343 e. The minimum Gasteiger partial charge on any atom is -0.464 e. The Morgan fingerprint density at radius 3 is 2.26 bits per heavy atom. The average molecular weight is 447 g/mol. The molecule has 5 heteroatoms. The van der Waals surface area contributed by atoms with Crippen LogP contribution in [0.15, 0.2) is 114 Å². The highest BCUT2D eigenvalue weighted by molar-refractivity contribution is 6.01. The third-order valence-electron chi connectivity index (χ3n) is 6.19. The van der Waals surface area contributed by atoms with Gasteiger partial charge in [0, 0.05) is 17.5 Å². The number of hydrogen-bond donors (Lipinski definition) is 0. The number of hydrazone groups is 1. The normalized spacial score (nSPS) is 18.4. The number of para-hydroxylation sites is 1. The van der Waals surface area contributed by atoms with Crippen LogP contribution in [-0.4, -0.2) is 16.7 Å². The summed E-state index contributed by atoms with van der Waals surface area (Å²) in [5.74, 6) is 0.978. The number of benzene rings is 4. The quantitative estimate of drug-likeness (QED) is 0.279. The van der Waals surface area contributed by atoms with E-state index in [0.29, 0.717) is 11.3 Å². The molecule has 2 aliphatic heterocycles. The highest BCUT2D eigenvalue weighted by Gasteiger charge is 2.40. The van der Waals surface area contributed by atoms with Gasteiger partial charge in [0.1, 0.15) is 11.5 Å². The molecule has 0 radical (unpaired) electrons. The molecule has 0 fully saturated rings. The molecular weight excluding hydrogens is 424 g/mol. The van der Waals surface area contributed by atoms with E-state index in [1.165, 1.54) is 0 Å². The number of carbonyl (C=O) groups excluding carboxylic acids is 1. The molecule has 0 saturated carbocycles. The number of esters is 1. The third kappa shape index (κ3) is 3.71. The van der Waals surface area contributed by atoms with Crippen molar-refractivity contribution in [3.05, 3.63) is 131 Å². The van der Waals surface area contributed by atoms with E-state index in [0.717, 1.165) is 34.6 Å². The lowest BCUT2D eigenvalue weighted by Gasteiger charge is -2.38. The van der Waals surface area contributed by atoms with Crippen molar-refractivity contribution in [2.75, 3.05) is 0 Å². The van der Waals surface area contributed by atoms with Gasteiger partial charge in [-0.2, -0.15) is 5.10 Å². The Kier molecular flexibility index (Phi) is 5.07. The van der Waals surface area contributed by atoms with Crippen molar-refractivity contribution in [3.8, 4) is 11.5 Å². The maximum absolute atomic E-state index is 12.4. The molecular formula is C29H22N2O3. The smallest absolute Gasteiger partial charge is 0.343 e. The molecule has 166 valence electrons. The van der Waals surface area contributed by atoms with E-state index < -0.39 is 0 Å². The van der Waals surface area contributed by atoms with Crippen LogP contribution in [-0.2, 0) is 0 Å². The van der Waals surface area contributed by atoms with Crippen molar-refractivity contribution in [1.82, 2.24) is 5.01 Å². The Balaban J connectivity index is 1.29. The van der Waals surface area contributed by atoms with Crippen molar-refractivity contribution >= 4 is 11.7 Å². The topological polar surface area (TPSA) is 51.1 Å². The molecule has 34 heavy (non-hydrogen) atoms. The van der Waals surface area contributed by atoms with E-state index in [1.54, 1.807) is 24.3 Å². The minimum atomic E-state index is -0.382. The molecule has 4 aromatic carbocycles. The first kappa shape index (κ1) is 20.2. The molecule has 0 unspecified atom stereocenters. The van der Waals surface area contributed by atoms with E-state index in [2.05, 4.69) is 23.2 Å². The Hall–Kier alpha value is -4.38. The summed E-state index contributed by atoms with van der Waals surface area (Å²) in [6.45, 7) is 0. The molecule has 4 aromatic rings. The molecule has 0 saturated heterocycles. The standard InChI is InChI=1S/C29H22N2O3/c32-29(22-11-5-2-6-12-22)33-23-17-15-21(16-18-23)28-31-26(24-13-7-8-14-27(24)34-28)19-25(30-31)20-9-3-1-4-10-20/h1-18,26,28H,19H2/t26-,28+/m1/s1. The molecule has 2 heterocycles. The van der Waals surface area contributed by atoms with Gasteiger partial charge in [-0.25, -0.2) is 9.80 Å². The van der Waals surface area contributed by atoms with Gasteiger partial charge in [0.25, 0.3) is 0 Å². The van der Waals surface area contributed by atoms with Crippen LogP contribution in [0.2, 0.25) is 0 Å². The van der Waals surface area contributed by atoms with Gasteiger partial charge in [-0.05, 0) is 48.0 Å². The molecule has 0 aromatic heterocycles. The monoisotopic (exact) mass is 446 g/mol. The number of ether oxygens (including phenoxy) is 2. The Labute approximate surface area is 197 Å². The summed E-state index contributed by atoms with van der Waals surface area (Å²) in [5, 5.41) is 7.04. The SMILES string of the molecule is O=C(Oc1ccc([C@@H]2Oc3ccccc3[C@H]3CC(c4ccccc4)=NN32)cc1)c1ccccc1. The molecule has 0 N–H and O–H groups in total. The zero-order chi connectivity index (χ0) is 22.9.